The number of carbonyl (C=O) groups excluding carboxylic acids is 1. The van der Waals surface area contributed by atoms with Crippen molar-refractivity contribution in [1.82, 2.24) is 15.5 Å². The Hall–Kier alpha value is -2.34. The number of nitrogens with zero attached hydrogens (tertiary/aromatic N) is 1. The van der Waals surface area contributed by atoms with Crippen molar-refractivity contribution in [2.75, 3.05) is 13.7 Å². The van der Waals surface area contributed by atoms with Crippen molar-refractivity contribution < 1.29 is 14.6 Å². The molecule has 6 heteroatoms. The minimum absolute atomic E-state index is 0.0810. The van der Waals surface area contributed by atoms with E-state index >= 15 is 0 Å². The van der Waals surface area contributed by atoms with Gasteiger partial charge in [0.1, 0.15) is 5.75 Å². The molecule has 0 saturated heterocycles. The first kappa shape index (κ1) is 18.0. The van der Waals surface area contributed by atoms with Gasteiger partial charge >= 0.3 is 0 Å². The van der Waals surface area contributed by atoms with E-state index in [0.29, 0.717) is 6.42 Å². The van der Waals surface area contributed by atoms with E-state index in [2.05, 4.69) is 15.5 Å². The topological polar surface area (TPSA) is 87.2 Å². The van der Waals surface area contributed by atoms with Crippen molar-refractivity contribution in [2.24, 2.45) is 5.92 Å². The normalized spacial score (nSPS) is 13.4. The number of aliphatic hydroxyl groups is 1. The molecule has 24 heavy (non-hydrogen) atoms. The highest BCUT2D eigenvalue weighted by Crippen LogP contribution is 2.18. The van der Waals surface area contributed by atoms with Gasteiger partial charge in [-0.05, 0) is 43.5 Å². The van der Waals surface area contributed by atoms with Gasteiger partial charge < -0.3 is 15.2 Å². The Kier molecular flexibility index (Phi) is 5.98. The van der Waals surface area contributed by atoms with Gasteiger partial charge in [-0.15, -0.1) is 0 Å². The monoisotopic (exact) mass is 331 g/mol. The summed E-state index contributed by atoms with van der Waals surface area (Å²) >= 11 is 0. The number of aromatic nitrogens is 2. The Morgan fingerprint density at radius 3 is 2.54 bits per heavy atom. The number of nitrogens with one attached hydrogen (secondary N) is 2. The van der Waals surface area contributed by atoms with Crippen LogP contribution in [-0.2, 0) is 11.2 Å². The average Bonchev–Trinajstić information content (AvgIpc) is 2.91. The van der Waals surface area contributed by atoms with Crippen molar-refractivity contribution in [3.63, 3.8) is 0 Å². The van der Waals surface area contributed by atoms with Crippen LogP contribution in [0.3, 0.4) is 0 Å². The van der Waals surface area contributed by atoms with Crippen molar-refractivity contribution >= 4 is 5.91 Å². The minimum atomic E-state index is -0.746. The summed E-state index contributed by atoms with van der Waals surface area (Å²) in [5.41, 5.74) is 3.73. The molecule has 0 saturated carbocycles. The first-order chi connectivity index (χ1) is 11.4. The number of benzene rings is 1. The second kappa shape index (κ2) is 7.97. The first-order valence-corrected chi connectivity index (χ1v) is 8.02. The van der Waals surface area contributed by atoms with Gasteiger partial charge in [-0.25, -0.2) is 0 Å². The van der Waals surface area contributed by atoms with E-state index in [1.807, 2.05) is 20.8 Å². The summed E-state index contributed by atoms with van der Waals surface area (Å²) in [5.74, 6) is 0.458. The van der Waals surface area contributed by atoms with Gasteiger partial charge in [0.05, 0.1) is 18.9 Å². The number of amides is 1. The fraction of sp³-hybridized carbons (Fsp3) is 0.444. The number of hydrogen-bond acceptors (Lipinski definition) is 4. The number of carbonyl (C=O) groups is 1. The van der Waals surface area contributed by atoms with Gasteiger partial charge in [-0.2, -0.15) is 5.10 Å². The number of hydrogen-bond donors (Lipinski definition) is 3. The molecular formula is C18H25N3O3. The number of H-pyrrole nitrogens is 1. The van der Waals surface area contributed by atoms with Gasteiger partial charge in [0.15, 0.2) is 0 Å². The Morgan fingerprint density at radius 2 is 2.00 bits per heavy atom. The van der Waals surface area contributed by atoms with Crippen molar-refractivity contribution in [3.05, 3.63) is 46.8 Å². The summed E-state index contributed by atoms with van der Waals surface area (Å²) in [6.07, 6.45) is -0.122. The third kappa shape index (κ3) is 4.35. The molecule has 6 nitrogen and oxygen atoms in total. The molecule has 2 aromatic rings. The van der Waals surface area contributed by atoms with Gasteiger partial charge in [-0.3, -0.25) is 9.89 Å². The molecule has 1 heterocycles. The molecule has 0 aliphatic heterocycles. The van der Waals surface area contributed by atoms with E-state index in [4.69, 9.17) is 4.74 Å². The quantitative estimate of drug-likeness (QED) is 0.725. The van der Waals surface area contributed by atoms with E-state index in [0.717, 1.165) is 28.3 Å². The first-order valence-electron chi connectivity index (χ1n) is 8.02. The van der Waals surface area contributed by atoms with Gasteiger partial charge in [0.25, 0.3) is 0 Å². The number of methoxy groups -OCH3 is 1. The standard InChI is InChI=1S/C18H25N3O3/c1-11(9-16-12(2)20-21-13(16)3)18(23)19-10-17(22)14-5-7-15(24-4)8-6-14/h5-8,11,17,22H,9-10H2,1-4H3,(H,19,23)(H,20,21). The highest BCUT2D eigenvalue weighted by molar-refractivity contribution is 5.78. The van der Waals surface area contributed by atoms with E-state index in [9.17, 15) is 9.90 Å². The van der Waals surface area contributed by atoms with Crippen molar-refractivity contribution in [2.45, 2.75) is 33.3 Å². The van der Waals surface area contributed by atoms with Crippen LogP contribution in [0.25, 0.3) is 0 Å². The van der Waals surface area contributed by atoms with Crippen LogP contribution in [0.5, 0.6) is 5.75 Å². The van der Waals surface area contributed by atoms with Crippen LogP contribution in [0.15, 0.2) is 24.3 Å². The summed E-state index contributed by atoms with van der Waals surface area (Å²) in [4.78, 5) is 12.3. The molecule has 3 N–H and O–H groups in total. The second-order valence-corrected chi connectivity index (χ2v) is 6.05. The fourth-order valence-corrected chi connectivity index (χ4v) is 2.59. The second-order valence-electron chi connectivity index (χ2n) is 6.05. The molecule has 0 radical (unpaired) electrons. The third-order valence-electron chi connectivity index (χ3n) is 4.21. The number of rotatable bonds is 7. The third-order valence-corrected chi connectivity index (χ3v) is 4.21. The Morgan fingerprint density at radius 1 is 1.33 bits per heavy atom. The summed E-state index contributed by atoms with van der Waals surface area (Å²) in [6, 6.07) is 7.15. The van der Waals surface area contributed by atoms with Crippen LogP contribution in [0.4, 0.5) is 0 Å². The smallest absolute Gasteiger partial charge is 0.223 e. The van der Waals surface area contributed by atoms with Gasteiger partial charge in [-0.1, -0.05) is 19.1 Å². The average molecular weight is 331 g/mol. The summed E-state index contributed by atoms with van der Waals surface area (Å²) in [6.45, 7) is 5.93. The molecule has 0 aliphatic carbocycles. The Bertz CT molecular complexity index is 660. The van der Waals surface area contributed by atoms with Crippen molar-refractivity contribution in [1.29, 1.82) is 0 Å². The molecule has 0 spiro atoms. The molecule has 1 amide bonds. The molecule has 2 unspecified atom stereocenters. The SMILES string of the molecule is COc1ccc(C(O)CNC(=O)C(C)Cc2c(C)n[nH]c2C)cc1. The molecule has 2 atom stereocenters. The number of aryl methyl sites for hydroxylation is 2. The number of ether oxygens (including phenoxy) is 1. The molecule has 0 bridgehead atoms. The van der Waals surface area contributed by atoms with E-state index in [1.54, 1.807) is 31.4 Å². The van der Waals surface area contributed by atoms with Crippen LogP contribution in [-0.4, -0.2) is 34.9 Å². The van der Waals surface area contributed by atoms with Crippen LogP contribution >= 0.6 is 0 Å². The Balaban J connectivity index is 1.87. The fourth-order valence-electron chi connectivity index (χ4n) is 2.59. The molecule has 130 valence electrons. The lowest BCUT2D eigenvalue weighted by molar-refractivity contribution is -0.124. The molecule has 2 rings (SSSR count). The predicted octanol–water partition coefficient (Wildman–Crippen LogP) is 2.06. The lowest BCUT2D eigenvalue weighted by Crippen LogP contribution is -2.33. The zero-order valence-corrected chi connectivity index (χ0v) is 14.6. The molecular weight excluding hydrogens is 306 g/mol. The Labute approximate surface area is 142 Å². The zero-order chi connectivity index (χ0) is 17.7. The maximum atomic E-state index is 12.3. The lowest BCUT2D eigenvalue weighted by Gasteiger charge is -2.16. The summed E-state index contributed by atoms with van der Waals surface area (Å²) in [5, 5.41) is 20.1. The number of aliphatic hydroxyl groups excluding tert-OH is 1. The van der Waals surface area contributed by atoms with Gasteiger partial charge in [0, 0.05) is 18.2 Å². The van der Waals surface area contributed by atoms with Crippen molar-refractivity contribution in [3.8, 4) is 5.75 Å². The summed E-state index contributed by atoms with van der Waals surface area (Å²) in [7, 11) is 1.59. The summed E-state index contributed by atoms with van der Waals surface area (Å²) < 4.78 is 5.09. The maximum absolute atomic E-state index is 12.3. The highest BCUT2D eigenvalue weighted by Gasteiger charge is 2.18. The molecule has 1 aromatic heterocycles. The maximum Gasteiger partial charge on any atom is 0.223 e. The van der Waals surface area contributed by atoms with E-state index in [-0.39, 0.29) is 18.4 Å². The van der Waals surface area contributed by atoms with Gasteiger partial charge in [0.2, 0.25) is 5.91 Å². The molecule has 0 aliphatic rings. The highest BCUT2D eigenvalue weighted by atomic mass is 16.5. The van der Waals surface area contributed by atoms with E-state index < -0.39 is 6.10 Å². The van der Waals surface area contributed by atoms with Crippen LogP contribution in [0.1, 0.15) is 35.5 Å². The van der Waals surface area contributed by atoms with E-state index in [1.165, 1.54) is 0 Å². The van der Waals surface area contributed by atoms with Crippen LogP contribution in [0, 0.1) is 19.8 Å². The minimum Gasteiger partial charge on any atom is -0.497 e. The van der Waals surface area contributed by atoms with Crippen LogP contribution in [0.2, 0.25) is 0 Å². The zero-order valence-electron chi connectivity index (χ0n) is 14.6. The largest absolute Gasteiger partial charge is 0.497 e. The predicted molar refractivity (Wildman–Crippen MR) is 91.9 cm³/mol. The molecule has 0 fully saturated rings. The lowest BCUT2D eigenvalue weighted by atomic mass is 9.99. The molecule has 1 aromatic carbocycles. The van der Waals surface area contributed by atoms with Crippen LogP contribution < -0.4 is 10.1 Å². The number of aromatic amines is 1.